The summed E-state index contributed by atoms with van der Waals surface area (Å²) >= 11 is 5.88. The summed E-state index contributed by atoms with van der Waals surface area (Å²) in [7, 11) is 0. The first kappa shape index (κ1) is 11.5. The zero-order chi connectivity index (χ0) is 13.4. The van der Waals surface area contributed by atoms with Gasteiger partial charge in [0, 0.05) is 5.02 Å². The van der Waals surface area contributed by atoms with E-state index in [-0.39, 0.29) is 11.7 Å². The van der Waals surface area contributed by atoms with Gasteiger partial charge in [-0.25, -0.2) is 4.98 Å². The monoisotopic (exact) mass is 276 g/mol. The maximum Gasteiger partial charge on any atom is 0.224 e. The second kappa shape index (κ2) is 4.29. The number of benzene rings is 1. The van der Waals surface area contributed by atoms with Crippen molar-refractivity contribution in [2.24, 2.45) is 0 Å². The molecule has 8 heteroatoms. The largest absolute Gasteiger partial charge is 0.506 e. The first-order valence-electron chi connectivity index (χ1n) is 5.35. The molecule has 96 valence electrons. The molecule has 0 aliphatic rings. The summed E-state index contributed by atoms with van der Waals surface area (Å²) in [5.41, 5.74) is 7.05. The molecule has 0 saturated heterocycles. The molecule has 2 aromatic heterocycles. The van der Waals surface area contributed by atoms with Crippen molar-refractivity contribution in [2.45, 2.75) is 0 Å². The van der Waals surface area contributed by atoms with Gasteiger partial charge >= 0.3 is 0 Å². The lowest BCUT2D eigenvalue weighted by Crippen LogP contribution is -2.01. The standard InChI is InChI=1S/C11H9ClN6O/c12-5-1-2-7(19)6(3-5)16-10-8-9(15-4-14-8)17-11(13)18-10/h1-4,19H,(H4,13,14,15,16,17,18). The minimum atomic E-state index is 0.0502. The molecular weight excluding hydrogens is 268 g/mol. The minimum absolute atomic E-state index is 0.0502. The van der Waals surface area contributed by atoms with Crippen LogP contribution in [0.4, 0.5) is 17.5 Å². The minimum Gasteiger partial charge on any atom is -0.506 e. The highest BCUT2D eigenvalue weighted by molar-refractivity contribution is 6.31. The number of halogens is 1. The molecule has 0 unspecified atom stereocenters. The number of rotatable bonds is 2. The SMILES string of the molecule is Nc1nc(Nc2cc(Cl)ccc2O)c2[nH]cnc2n1. The van der Waals surface area contributed by atoms with Crippen LogP contribution in [0.15, 0.2) is 24.5 Å². The number of fused-ring (bicyclic) bond motifs is 1. The summed E-state index contributed by atoms with van der Waals surface area (Å²) in [6, 6.07) is 4.65. The van der Waals surface area contributed by atoms with E-state index in [0.29, 0.717) is 27.7 Å². The number of imidazole rings is 1. The van der Waals surface area contributed by atoms with Crippen LogP contribution in [0.5, 0.6) is 5.75 Å². The lowest BCUT2D eigenvalue weighted by molar-refractivity contribution is 0.478. The number of aromatic amines is 1. The molecule has 0 bridgehead atoms. The number of aromatic hydroxyl groups is 1. The number of anilines is 3. The highest BCUT2D eigenvalue weighted by Gasteiger charge is 2.10. The van der Waals surface area contributed by atoms with Gasteiger partial charge in [-0.15, -0.1) is 0 Å². The van der Waals surface area contributed by atoms with Gasteiger partial charge in [-0.2, -0.15) is 9.97 Å². The van der Waals surface area contributed by atoms with E-state index >= 15 is 0 Å². The summed E-state index contributed by atoms with van der Waals surface area (Å²) in [6.45, 7) is 0. The molecule has 0 radical (unpaired) electrons. The van der Waals surface area contributed by atoms with Gasteiger partial charge < -0.3 is 21.1 Å². The third kappa shape index (κ3) is 2.11. The Balaban J connectivity index is 2.10. The van der Waals surface area contributed by atoms with Gasteiger partial charge in [-0.1, -0.05) is 11.6 Å². The zero-order valence-corrected chi connectivity index (χ0v) is 10.3. The Hall–Kier alpha value is -2.54. The first-order chi connectivity index (χ1) is 9.13. The number of phenolic OH excluding ortho intramolecular Hbond substituents is 1. The van der Waals surface area contributed by atoms with E-state index in [1.165, 1.54) is 12.4 Å². The van der Waals surface area contributed by atoms with Gasteiger partial charge in [0.25, 0.3) is 0 Å². The molecule has 2 heterocycles. The molecule has 0 atom stereocenters. The Kier molecular flexibility index (Phi) is 2.60. The van der Waals surface area contributed by atoms with Gasteiger partial charge in [-0.05, 0) is 18.2 Å². The van der Waals surface area contributed by atoms with Crippen molar-refractivity contribution in [2.75, 3.05) is 11.1 Å². The summed E-state index contributed by atoms with van der Waals surface area (Å²) < 4.78 is 0. The maximum absolute atomic E-state index is 9.77. The van der Waals surface area contributed by atoms with Crippen molar-refractivity contribution in [3.8, 4) is 5.75 Å². The number of phenols is 1. The van der Waals surface area contributed by atoms with Gasteiger partial charge in [-0.3, -0.25) is 0 Å². The van der Waals surface area contributed by atoms with Gasteiger partial charge in [0.15, 0.2) is 11.5 Å². The Morgan fingerprint density at radius 3 is 3.00 bits per heavy atom. The van der Waals surface area contributed by atoms with Crippen molar-refractivity contribution < 1.29 is 5.11 Å². The Bertz CT molecular complexity index is 756. The first-order valence-corrected chi connectivity index (χ1v) is 5.73. The highest BCUT2D eigenvalue weighted by atomic mass is 35.5. The van der Waals surface area contributed by atoms with Gasteiger partial charge in [0.2, 0.25) is 5.95 Å². The van der Waals surface area contributed by atoms with Crippen molar-refractivity contribution in [3.63, 3.8) is 0 Å². The third-order valence-electron chi connectivity index (χ3n) is 2.51. The number of hydrogen-bond acceptors (Lipinski definition) is 6. The van der Waals surface area contributed by atoms with Crippen LogP contribution in [0.25, 0.3) is 11.2 Å². The fraction of sp³-hybridized carbons (Fsp3) is 0. The van der Waals surface area contributed by atoms with Crippen molar-refractivity contribution in [1.82, 2.24) is 19.9 Å². The number of nitrogens with zero attached hydrogens (tertiary/aromatic N) is 3. The molecule has 5 N–H and O–H groups in total. The van der Waals surface area contributed by atoms with Crippen molar-refractivity contribution in [3.05, 3.63) is 29.5 Å². The number of aromatic nitrogens is 4. The average Bonchev–Trinajstić information content (AvgIpc) is 2.82. The Morgan fingerprint density at radius 1 is 1.32 bits per heavy atom. The van der Waals surface area contributed by atoms with E-state index in [2.05, 4.69) is 25.3 Å². The number of nitrogens with one attached hydrogen (secondary N) is 2. The zero-order valence-electron chi connectivity index (χ0n) is 9.55. The summed E-state index contributed by atoms with van der Waals surface area (Å²) in [6.07, 6.45) is 1.49. The molecule has 19 heavy (non-hydrogen) atoms. The number of nitrogens with two attached hydrogens (primary N) is 1. The van der Waals surface area contributed by atoms with E-state index in [0.717, 1.165) is 0 Å². The fourth-order valence-corrected chi connectivity index (χ4v) is 1.85. The Labute approximate surface area is 112 Å². The summed E-state index contributed by atoms with van der Waals surface area (Å²) in [5, 5.41) is 13.2. The Morgan fingerprint density at radius 2 is 2.16 bits per heavy atom. The number of H-pyrrole nitrogens is 1. The predicted molar refractivity (Wildman–Crippen MR) is 72.5 cm³/mol. The smallest absolute Gasteiger partial charge is 0.224 e. The molecule has 3 aromatic rings. The summed E-state index contributed by atoms with van der Waals surface area (Å²) in [4.78, 5) is 15.0. The van der Waals surface area contributed by atoms with E-state index < -0.39 is 0 Å². The van der Waals surface area contributed by atoms with Crippen molar-refractivity contribution in [1.29, 1.82) is 0 Å². The second-order valence-electron chi connectivity index (χ2n) is 3.82. The lowest BCUT2D eigenvalue weighted by atomic mass is 10.3. The summed E-state index contributed by atoms with van der Waals surface area (Å²) in [5.74, 6) is 0.551. The van der Waals surface area contributed by atoms with Crippen LogP contribution in [0.2, 0.25) is 5.02 Å². The van der Waals surface area contributed by atoms with Crippen LogP contribution in [0.1, 0.15) is 0 Å². The molecule has 0 aliphatic heterocycles. The van der Waals surface area contributed by atoms with Crippen molar-refractivity contribution >= 4 is 40.2 Å². The molecule has 3 rings (SSSR count). The van der Waals surface area contributed by atoms with E-state index in [1.807, 2.05) is 0 Å². The molecule has 0 saturated carbocycles. The second-order valence-corrected chi connectivity index (χ2v) is 4.25. The average molecular weight is 277 g/mol. The quantitative estimate of drug-likeness (QED) is 0.533. The molecule has 7 nitrogen and oxygen atoms in total. The van der Waals surface area contributed by atoms with E-state index in [4.69, 9.17) is 17.3 Å². The van der Waals surface area contributed by atoms with Crippen LogP contribution >= 0.6 is 11.6 Å². The van der Waals surface area contributed by atoms with Crippen LogP contribution in [0.3, 0.4) is 0 Å². The topological polar surface area (TPSA) is 113 Å². The molecule has 0 fully saturated rings. The normalized spacial score (nSPS) is 10.8. The van der Waals surface area contributed by atoms with E-state index in [9.17, 15) is 5.11 Å². The lowest BCUT2D eigenvalue weighted by Gasteiger charge is -2.09. The van der Waals surface area contributed by atoms with E-state index in [1.54, 1.807) is 12.1 Å². The maximum atomic E-state index is 9.77. The fourth-order valence-electron chi connectivity index (χ4n) is 1.68. The molecule has 0 amide bonds. The number of hydrogen-bond donors (Lipinski definition) is 4. The van der Waals surface area contributed by atoms with Gasteiger partial charge in [0.1, 0.15) is 11.3 Å². The van der Waals surface area contributed by atoms with Gasteiger partial charge in [0.05, 0.1) is 12.0 Å². The highest BCUT2D eigenvalue weighted by Crippen LogP contribution is 2.30. The van der Waals surface area contributed by atoms with Crippen LogP contribution in [-0.2, 0) is 0 Å². The van der Waals surface area contributed by atoms with Crippen LogP contribution in [-0.4, -0.2) is 25.0 Å². The van der Waals surface area contributed by atoms with Crippen LogP contribution in [0, 0.1) is 0 Å². The molecule has 0 spiro atoms. The molecular formula is C11H9ClN6O. The molecule has 0 aliphatic carbocycles. The third-order valence-corrected chi connectivity index (χ3v) is 2.75. The predicted octanol–water partition coefficient (Wildman–Crippen LogP) is 2.04. The number of nitrogen functional groups attached to an aromatic ring is 1. The molecule has 1 aromatic carbocycles. The van der Waals surface area contributed by atoms with Crippen LogP contribution < -0.4 is 11.1 Å².